The van der Waals surface area contributed by atoms with E-state index in [1.54, 1.807) is 6.92 Å². The number of fused-ring (bicyclic) bond motifs is 4. The summed E-state index contributed by atoms with van der Waals surface area (Å²) in [6, 6.07) is 0. The molecule has 0 radical (unpaired) electrons. The van der Waals surface area contributed by atoms with E-state index in [4.69, 9.17) is 23.7 Å². The first kappa shape index (κ1) is 41.0. The molecule has 2 bridgehead atoms. The molecule has 13 nitrogen and oxygen atoms in total. The lowest BCUT2D eigenvalue weighted by Gasteiger charge is -2.73. The van der Waals surface area contributed by atoms with Gasteiger partial charge >= 0.3 is 0 Å². The number of hydrogen-bond donors (Lipinski definition) is 8. The average Bonchev–Trinajstić information content (AvgIpc) is 3.41. The smallest absolute Gasteiger partial charge is 0.187 e. The van der Waals surface area contributed by atoms with Crippen molar-refractivity contribution in [2.24, 2.45) is 50.2 Å². The Kier molecular flexibility index (Phi) is 9.95. The third-order valence-electron chi connectivity index (χ3n) is 17.9. The van der Waals surface area contributed by atoms with Crippen LogP contribution in [0.4, 0.5) is 0 Å². The summed E-state index contributed by atoms with van der Waals surface area (Å²) in [4.78, 5) is 0. The molecule has 55 heavy (non-hydrogen) atoms. The molecule has 7 fully saturated rings. The highest BCUT2D eigenvalue weighted by Gasteiger charge is 2.79. The minimum atomic E-state index is -1.72. The van der Waals surface area contributed by atoms with E-state index in [0.717, 1.165) is 38.5 Å². The van der Waals surface area contributed by atoms with Gasteiger partial charge in [-0.05, 0) is 86.4 Å². The number of rotatable bonds is 6. The topological polar surface area (TPSA) is 208 Å². The summed E-state index contributed by atoms with van der Waals surface area (Å²) in [5.41, 5.74) is -1.90. The van der Waals surface area contributed by atoms with E-state index in [0.29, 0.717) is 19.4 Å². The fraction of sp³-hybridized carbons (Fsp3) is 0.952. The first-order valence-electron chi connectivity index (χ1n) is 20.9. The van der Waals surface area contributed by atoms with Gasteiger partial charge in [-0.25, -0.2) is 0 Å². The van der Waals surface area contributed by atoms with Crippen molar-refractivity contribution in [1.29, 1.82) is 0 Å². The summed E-state index contributed by atoms with van der Waals surface area (Å²) in [5, 5.41) is 87.0. The minimum absolute atomic E-state index is 0.0414. The second-order valence-corrected chi connectivity index (χ2v) is 21.0. The Morgan fingerprint density at radius 1 is 0.727 bits per heavy atom. The lowest BCUT2D eigenvalue weighted by atomic mass is 9.32. The molecule has 21 atom stereocenters. The molecule has 0 aromatic rings. The summed E-state index contributed by atoms with van der Waals surface area (Å²) in [7, 11) is 0. The third kappa shape index (κ3) is 5.44. The van der Waals surface area contributed by atoms with Crippen LogP contribution in [-0.2, 0) is 23.7 Å². The van der Waals surface area contributed by atoms with Crippen molar-refractivity contribution in [3.05, 3.63) is 12.2 Å². The van der Waals surface area contributed by atoms with Crippen LogP contribution in [0.1, 0.15) is 99.8 Å². The van der Waals surface area contributed by atoms with Crippen LogP contribution >= 0.6 is 0 Å². The van der Waals surface area contributed by atoms with Crippen LogP contribution in [0.5, 0.6) is 0 Å². The molecule has 0 amide bonds. The van der Waals surface area contributed by atoms with E-state index in [1.807, 2.05) is 0 Å². The van der Waals surface area contributed by atoms with Crippen molar-refractivity contribution >= 4 is 0 Å². The van der Waals surface area contributed by atoms with E-state index in [9.17, 15) is 40.9 Å². The molecule has 8 aliphatic rings. The van der Waals surface area contributed by atoms with Crippen LogP contribution in [0.15, 0.2) is 12.2 Å². The van der Waals surface area contributed by atoms with Gasteiger partial charge in [0.25, 0.3) is 0 Å². The van der Waals surface area contributed by atoms with Gasteiger partial charge in [0.2, 0.25) is 0 Å². The van der Waals surface area contributed by atoms with Crippen molar-refractivity contribution in [2.75, 3.05) is 19.8 Å². The van der Waals surface area contributed by atoms with Gasteiger partial charge in [0, 0.05) is 22.2 Å². The zero-order valence-corrected chi connectivity index (χ0v) is 33.7. The fourth-order valence-corrected chi connectivity index (χ4v) is 14.3. The Morgan fingerprint density at radius 2 is 1.44 bits per heavy atom. The molecule has 3 heterocycles. The van der Waals surface area contributed by atoms with Crippen LogP contribution in [0.3, 0.4) is 0 Å². The van der Waals surface area contributed by atoms with Gasteiger partial charge in [-0.15, -0.1) is 0 Å². The quantitative estimate of drug-likeness (QED) is 0.143. The summed E-state index contributed by atoms with van der Waals surface area (Å²) in [5.74, 6) is 0.449. The van der Waals surface area contributed by atoms with Gasteiger partial charge in [0.15, 0.2) is 12.6 Å². The molecular weight excluding hydrogens is 712 g/mol. The van der Waals surface area contributed by atoms with Crippen molar-refractivity contribution < 1.29 is 64.5 Å². The molecule has 4 saturated carbocycles. The maximum atomic E-state index is 12.1. The third-order valence-corrected chi connectivity index (χ3v) is 17.9. The molecule has 8 rings (SSSR count). The zero-order valence-electron chi connectivity index (χ0n) is 33.7. The molecule has 8 N–H and O–H groups in total. The van der Waals surface area contributed by atoms with Crippen molar-refractivity contribution in [3.8, 4) is 0 Å². The highest BCUT2D eigenvalue weighted by molar-refractivity contribution is 5.36. The molecule has 314 valence electrons. The van der Waals surface area contributed by atoms with E-state index in [1.165, 1.54) is 0 Å². The van der Waals surface area contributed by atoms with Gasteiger partial charge in [-0.1, -0.05) is 53.7 Å². The number of aliphatic hydroxyl groups is 8. The molecule has 0 aromatic heterocycles. The van der Waals surface area contributed by atoms with Gasteiger partial charge in [0.05, 0.1) is 43.7 Å². The SMILES string of the molecule is C[C@H]1O[C@@H](O[C@H]2CC[C@@]3(C)[C@@H](CC[C@]4(C)[C@@H]3C=CC35OCC6(CCC(C)(C)C[C@H]63)[C@H](O)C[C@]54C)[C@]2(C)CO)[C@H](O)[C@@H](O[C@@H]2O[C@H](CO)[C@@H](O)[C@H](O)[C@H]2O)[C@H]1O. The van der Waals surface area contributed by atoms with Gasteiger partial charge in [-0.2, -0.15) is 0 Å². The number of hydrogen-bond acceptors (Lipinski definition) is 13. The zero-order chi connectivity index (χ0) is 39.9. The van der Waals surface area contributed by atoms with Crippen LogP contribution < -0.4 is 0 Å². The fourth-order valence-electron chi connectivity index (χ4n) is 14.3. The molecular formula is C42H68O13. The Balaban J connectivity index is 1.05. The lowest BCUT2D eigenvalue weighted by molar-refractivity contribution is -0.367. The predicted molar refractivity (Wildman–Crippen MR) is 197 cm³/mol. The molecule has 5 aliphatic carbocycles. The highest BCUT2D eigenvalue weighted by atomic mass is 16.7. The van der Waals surface area contributed by atoms with E-state index in [-0.39, 0.29) is 51.4 Å². The minimum Gasteiger partial charge on any atom is -0.396 e. The summed E-state index contributed by atoms with van der Waals surface area (Å²) >= 11 is 0. The summed E-state index contributed by atoms with van der Waals surface area (Å²) < 4.78 is 31.2. The maximum absolute atomic E-state index is 12.1. The summed E-state index contributed by atoms with van der Waals surface area (Å²) in [6.45, 7) is 15.4. The van der Waals surface area contributed by atoms with Gasteiger partial charge in [-0.3, -0.25) is 0 Å². The van der Waals surface area contributed by atoms with Crippen LogP contribution in [0.2, 0.25) is 0 Å². The monoisotopic (exact) mass is 780 g/mol. The van der Waals surface area contributed by atoms with Gasteiger partial charge in [0.1, 0.15) is 42.7 Å². The van der Waals surface area contributed by atoms with Crippen molar-refractivity contribution in [3.63, 3.8) is 0 Å². The van der Waals surface area contributed by atoms with E-state index >= 15 is 0 Å². The Bertz CT molecular complexity index is 1490. The van der Waals surface area contributed by atoms with Crippen LogP contribution in [-0.4, -0.2) is 140 Å². The second kappa shape index (κ2) is 13.4. The summed E-state index contributed by atoms with van der Waals surface area (Å²) in [6.07, 6.45) is -3.39. The Morgan fingerprint density at radius 3 is 2.13 bits per heavy atom. The highest BCUT2D eigenvalue weighted by Crippen LogP contribution is 2.79. The maximum Gasteiger partial charge on any atom is 0.187 e. The molecule has 0 aromatic carbocycles. The number of allylic oxidation sites excluding steroid dienone is 1. The first-order valence-corrected chi connectivity index (χ1v) is 20.9. The van der Waals surface area contributed by atoms with Crippen molar-refractivity contribution in [1.82, 2.24) is 0 Å². The molecule has 2 unspecified atom stereocenters. The lowest BCUT2D eigenvalue weighted by Crippen LogP contribution is -2.72. The normalized spacial score (nSPS) is 59.7. The first-order chi connectivity index (χ1) is 25.7. The van der Waals surface area contributed by atoms with Crippen LogP contribution in [0.25, 0.3) is 0 Å². The van der Waals surface area contributed by atoms with Crippen molar-refractivity contribution in [2.45, 2.75) is 179 Å². The number of ether oxygens (including phenoxy) is 5. The van der Waals surface area contributed by atoms with E-state index < -0.39 is 91.2 Å². The largest absolute Gasteiger partial charge is 0.396 e. The molecule has 1 spiro atoms. The number of aliphatic hydroxyl groups excluding tert-OH is 8. The van der Waals surface area contributed by atoms with Crippen LogP contribution in [0, 0.1) is 50.2 Å². The van der Waals surface area contributed by atoms with E-state index in [2.05, 4.69) is 53.7 Å². The Hall–Kier alpha value is -0.780. The molecule has 3 aliphatic heterocycles. The standard InChI is InChI=1S/C42H68O13/c1-21-28(46)33(55-34-31(49)30(48)29(47)22(18-43)53-34)32(50)35(52-21)54-27-10-11-37(4)23(38(27,5)19-44)8-12-39(6)24(37)9-13-42-25-16-36(2,3)14-15-41(25,20-51-42)26(45)17-40(39,42)7/h9,13,21-35,43-50H,8,10-12,14-20H2,1-7H3/t21-,22-,23-,24-,25-,26-,27+,28+,29-,30+,31-,32-,33+,34+,35+,37+,38+,39-,40+,41?,42?/m1/s1. The molecule has 3 saturated heterocycles. The average molecular weight is 781 g/mol. The second-order valence-electron chi connectivity index (χ2n) is 21.0. The predicted octanol–water partition coefficient (Wildman–Crippen LogP) is 1.78. The molecule has 13 heteroatoms. The Labute approximate surface area is 325 Å². The van der Waals surface area contributed by atoms with Gasteiger partial charge < -0.3 is 64.5 Å².